The van der Waals surface area contributed by atoms with Crippen molar-refractivity contribution in [2.45, 2.75) is 26.4 Å². The summed E-state index contributed by atoms with van der Waals surface area (Å²) in [5, 5.41) is 6.55. The van der Waals surface area contributed by atoms with Crippen LogP contribution in [0.3, 0.4) is 0 Å². The molecule has 0 atom stereocenters. The standard InChI is InChI=1S/C28H24I2N2O2/c1-2-19-10-12-20(13-11-19)16-27(33)32-31-17-21-14-25(29)28(26(30)15-21)34-18-23-8-5-7-22-6-3-4-9-24(22)23/h3-15,17H,2,16,18H2,1H3,(H,32,33)/b31-17+. The number of ether oxygens (including phenoxy) is 1. The van der Waals surface area contributed by atoms with Gasteiger partial charge in [-0.1, -0.05) is 73.7 Å². The molecular formula is C28H24I2N2O2. The molecule has 4 rings (SSSR count). The van der Waals surface area contributed by atoms with E-state index in [4.69, 9.17) is 4.74 Å². The van der Waals surface area contributed by atoms with Gasteiger partial charge in [-0.25, -0.2) is 5.43 Å². The van der Waals surface area contributed by atoms with Gasteiger partial charge >= 0.3 is 0 Å². The Bertz CT molecular complexity index is 1310. The third kappa shape index (κ3) is 6.35. The molecule has 0 radical (unpaired) electrons. The lowest BCUT2D eigenvalue weighted by molar-refractivity contribution is -0.120. The lowest BCUT2D eigenvalue weighted by Gasteiger charge is -2.13. The Labute approximate surface area is 227 Å². The predicted octanol–water partition coefficient (Wildman–Crippen LogP) is 6.88. The van der Waals surface area contributed by atoms with Crippen molar-refractivity contribution in [3.8, 4) is 5.75 Å². The van der Waals surface area contributed by atoms with E-state index in [2.05, 4.69) is 105 Å². The smallest absolute Gasteiger partial charge is 0.244 e. The van der Waals surface area contributed by atoms with Crippen LogP contribution in [0.2, 0.25) is 0 Å². The van der Waals surface area contributed by atoms with Crippen LogP contribution in [-0.4, -0.2) is 12.1 Å². The van der Waals surface area contributed by atoms with E-state index in [-0.39, 0.29) is 5.91 Å². The van der Waals surface area contributed by atoms with Gasteiger partial charge in [-0.05, 0) is 96.8 Å². The number of fused-ring (bicyclic) bond motifs is 1. The second kappa shape index (κ2) is 11.8. The lowest BCUT2D eigenvalue weighted by Crippen LogP contribution is -2.19. The highest BCUT2D eigenvalue weighted by atomic mass is 127. The molecule has 0 aliphatic carbocycles. The minimum atomic E-state index is -0.139. The van der Waals surface area contributed by atoms with Gasteiger partial charge in [-0.15, -0.1) is 0 Å². The highest BCUT2D eigenvalue weighted by Crippen LogP contribution is 2.30. The Balaban J connectivity index is 1.37. The summed E-state index contributed by atoms with van der Waals surface area (Å²) >= 11 is 4.56. The third-order valence-corrected chi connectivity index (χ3v) is 7.07. The van der Waals surface area contributed by atoms with Crippen molar-refractivity contribution in [2.24, 2.45) is 5.10 Å². The number of nitrogens with zero attached hydrogens (tertiary/aromatic N) is 1. The van der Waals surface area contributed by atoms with Crippen molar-refractivity contribution >= 4 is 68.1 Å². The van der Waals surface area contributed by atoms with Gasteiger partial charge in [0.1, 0.15) is 12.4 Å². The molecule has 6 heteroatoms. The molecule has 4 aromatic carbocycles. The molecule has 0 heterocycles. The fourth-order valence-corrected chi connectivity index (χ4v) is 5.78. The van der Waals surface area contributed by atoms with E-state index in [1.807, 2.05) is 36.4 Å². The van der Waals surface area contributed by atoms with E-state index in [0.717, 1.165) is 36.0 Å². The maximum absolute atomic E-state index is 12.2. The summed E-state index contributed by atoms with van der Waals surface area (Å²) in [4.78, 5) is 12.2. The van der Waals surface area contributed by atoms with Crippen LogP contribution in [0, 0.1) is 7.14 Å². The number of carbonyl (C=O) groups is 1. The maximum Gasteiger partial charge on any atom is 0.244 e. The van der Waals surface area contributed by atoms with Crippen molar-refractivity contribution in [3.05, 3.63) is 108 Å². The molecule has 0 spiro atoms. The van der Waals surface area contributed by atoms with Gasteiger partial charge in [0.05, 0.1) is 19.8 Å². The largest absolute Gasteiger partial charge is 0.487 e. The van der Waals surface area contributed by atoms with Crippen LogP contribution in [0.1, 0.15) is 29.2 Å². The molecule has 0 fully saturated rings. The van der Waals surface area contributed by atoms with E-state index < -0.39 is 0 Å². The first-order valence-corrected chi connectivity index (χ1v) is 13.2. The van der Waals surface area contributed by atoms with Crippen LogP contribution >= 0.6 is 45.2 Å². The molecule has 0 saturated heterocycles. The highest BCUT2D eigenvalue weighted by Gasteiger charge is 2.10. The van der Waals surface area contributed by atoms with Gasteiger partial charge in [0, 0.05) is 0 Å². The normalized spacial score (nSPS) is 11.1. The summed E-state index contributed by atoms with van der Waals surface area (Å²) in [6.45, 7) is 2.61. The Hall–Kier alpha value is -2.46. The Morgan fingerprint density at radius 2 is 1.62 bits per heavy atom. The van der Waals surface area contributed by atoms with Gasteiger partial charge in [-0.2, -0.15) is 5.10 Å². The van der Waals surface area contributed by atoms with Crippen molar-refractivity contribution in [1.82, 2.24) is 5.43 Å². The van der Waals surface area contributed by atoms with Gasteiger partial charge in [-0.3, -0.25) is 4.79 Å². The first-order chi connectivity index (χ1) is 16.5. The van der Waals surface area contributed by atoms with Crippen LogP contribution in [0.5, 0.6) is 5.75 Å². The topological polar surface area (TPSA) is 50.7 Å². The van der Waals surface area contributed by atoms with E-state index in [0.29, 0.717) is 13.0 Å². The van der Waals surface area contributed by atoms with E-state index in [1.165, 1.54) is 16.3 Å². The first-order valence-electron chi connectivity index (χ1n) is 11.0. The Morgan fingerprint density at radius 1 is 0.941 bits per heavy atom. The minimum Gasteiger partial charge on any atom is -0.487 e. The lowest BCUT2D eigenvalue weighted by atomic mass is 10.1. The van der Waals surface area contributed by atoms with Gasteiger partial charge in [0.15, 0.2) is 0 Å². The summed E-state index contributed by atoms with van der Waals surface area (Å²) in [7, 11) is 0. The number of hydrogen-bond acceptors (Lipinski definition) is 3. The molecule has 0 saturated carbocycles. The average molecular weight is 674 g/mol. The van der Waals surface area contributed by atoms with Crippen LogP contribution in [0.25, 0.3) is 10.8 Å². The predicted molar refractivity (Wildman–Crippen MR) is 155 cm³/mol. The van der Waals surface area contributed by atoms with Crippen LogP contribution in [0.15, 0.2) is 84.0 Å². The van der Waals surface area contributed by atoms with Crippen molar-refractivity contribution in [1.29, 1.82) is 0 Å². The van der Waals surface area contributed by atoms with Crippen molar-refractivity contribution < 1.29 is 9.53 Å². The number of rotatable bonds is 8. The number of hydrogen-bond donors (Lipinski definition) is 1. The number of amides is 1. The molecule has 4 nitrogen and oxygen atoms in total. The summed E-state index contributed by atoms with van der Waals surface area (Å²) in [6, 6.07) is 26.7. The third-order valence-electron chi connectivity index (χ3n) is 5.47. The number of carbonyl (C=O) groups excluding carboxylic acids is 1. The molecule has 0 bridgehead atoms. The molecule has 1 N–H and O–H groups in total. The number of aryl methyl sites for hydroxylation is 1. The van der Waals surface area contributed by atoms with Gasteiger partial charge in [0.2, 0.25) is 5.91 Å². The number of nitrogens with one attached hydrogen (secondary N) is 1. The van der Waals surface area contributed by atoms with E-state index in [1.54, 1.807) is 6.21 Å². The van der Waals surface area contributed by atoms with Gasteiger partial charge < -0.3 is 4.74 Å². The molecule has 0 aliphatic heterocycles. The molecule has 0 unspecified atom stereocenters. The molecule has 34 heavy (non-hydrogen) atoms. The molecule has 1 amide bonds. The zero-order chi connectivity index (χ0) is 23.9. The molecule has 0 aliphatic rings. The number of hydrazone groups is 1. The average Bonchev–Trinajstić information content (AvgIpc) is 2.84. The minimum absolute atomic E-state index is 0.139. The molecule has 0 aromatic heterocycles. The second-order valence-electron chi connectivity index (χ2n) is 7.88. The van der Waals surface area contributed by atoms with Crippen LogP contribution < -0.4 is 10.2 Å². The zero-order valence-electron chi connectivity index (χ0n) is 18.7. The molecule has 172 valence electrons. The van der Waals surface area contributed by atoms with Crippen LogP contribution in [-0.2, 0) is 24.2 Å². The summed E-state index contributed by atoms with van der Waals surface area (Å²) in [5.41, 5.74) is 6.91. The fraction of sp³-hybridized carbons (Fsp3) is 0.143. The number of halogens is 2. The summed E-state index contributed by atoms with van der Waals surface area (Å²) < 4.78 is 8.20. The Kier molecular flexibility index (Phi) is 8.55. The number of benzene rings is 4. The quantitative estimate of drug-likeness (QED) is 0.126. The van der Waals surface area contributed by atoms with Gasteiger partial charge in [0.25, 0.3) is 0 Å². The summed E-state index contributed by atoms with van der Waals surface area (Å²) in [5.74, 6) is 0.714. The maximum atomic E-state index is 12.2. The second-order valence-corrected chi connectivity index (χ2v) is 10.2. The molecule has 4 aromatic rings. The molecular weight excluding hydrogens is 650 g/mol. The monoisotopic (exact) mass is 674 g/mol. The van der Waals surface area contributed by atoms with E-state index in [9.17, 15) is 4.79 Å². The van der Waals surface area contributed by atoms with Crippen molar-refractivity contribution in [3.63, 3.8) is 0 Å². The Morgan fingerprint density at radius 3 is 2.35 bits per heavy atom. The van der Waals surface area contributed by atoms with Crippen LogP contribution in [0.4, 0.5) is 0 Å². The SMILES string of the molecule is CCc1ccc(CC(=O)N/N=C/c2cc(I)c(OCc3cccc4ccccc34)c(I)c2)cc1. The first kappa shape index (κ1) is 24.7. The fourth-order valence-electron chi connectivity index (χ4n) is 3.66. The highest BCUT2D eigenvalue weighted by molar-refractivity contribution is 14.1. The summed E-state index contributed by atoms with van der Waals surface area (Å²) in [6.07, 6.45) is 2.95. The zero-order valence-corrected chi connectivity index (χ0v) is 23.0. The van der Waals surface area contributed by atoms with Crippen molar-refractivity contribution in [2.75, 3.05) is 0 Å². The van der Waals surface area contributed by atoms with E-state index >= 15 is 0 Å².